The van der Waals surface area contributed by atoms with Crippen molar-refractivity contribution in [1.29, 1.82) is 0 Å². The lowest BCUT2D eigenvalue weighted by Gasteiger charge is -2.13. The lowest BCUT2D eigenvalue weighted by atomic mass is 9.89. The molecule has 0 bridgehead atoms. The van der Waals surface area contributed by atoms with Crippen LogP contribution in [0.2, 0.25) is 5.28 Å². The number of hydrogen-bond acceptors (Lipinski definition) is 4. The summed E-state index contributed by atoms with van der Waals surface area (Å²) in [5.41, 5.74) is -0.317. The number of Topliss-reactive ketones (excluding diaryl/α,β-unsaturated/α-hetero) is 2. The Kier molecular flexibility index (Phi) is 4.37. The molecule has 0 saturated heterocycles. The molecule has 21 heavy (non-hydrogen) atoms. The molecular formula is C14H9ClF2N2O2. The van der Waals surface area contributed by atoms with Gasteiger partial charge in [-0.1, -0.05) is 6.07 Å². The Morgan fingerprint density at radius 1 is 1.24 bits per heavy atom. The molecule has 0 amide bonds. The molecule has 7 heteroatoms. The first-order valence-electron chi connectivity index (χ1n) is 5.88. The molecule has 0 radical (unpaired) electrons. The van der Waals surface area contributed by atoms with Gasteiger partial charge in [0.25, 0.3) is 0 Å². The first kappa shape index (κ1) is 15.2. The van der Waals surface area contributed by atoms with E-state index in [1.807, 2.05) is 0 Å². The Morgan fingerprint density at radius 2 is 1.95 bits per heavy atom. The van der Waals surface area contributed by atoms with Crippen molar-refractivity contribution >= 4 is 23.2 Å². The summed E-state index contributed by atoms with van der Waals surface area (Å²) in [5, 5.41) is -0.164. The van der Waals surface area contributed by atoms with Crippen molar-refractivity contribution in [3.63, 3.8) is 0 Å². The van der Waals surface area contributed by atoms with Crippen molar-refractivity contribution in [1.82, 2.24) is 9.97 Å². The highest BCUT2D eigenvalue weighted by molar-refractivity contribution is 6.28. The molecule has 0 aliphatic rings. The van der Waals surface area contributed by atoms with Crippen molar-refractivity contribution < 1.29 is 18.4 Å². The van der Waals surface area contributed by atoms with Gasteiger partial charge in [0.1, 0.15) is 29.0 Å². The van der Waals surface area contributed by atoms with Crippen LogP contribution in [0.25, 0.3) is 0 Å². The summed E-state index contributed by atoms with van der Waals surface area (Å²) in [5.74, 6) is -4.48. The highest BCUT2D eigenvalue weighted by atomic mass is 35.5. The van der Waals surface area contributed by atoms with Crippen LogP contribution in [-0.2, 0) is 4.79 Å². The van der Waals surface area contributed by atoms with Crippen LogP contribution in [0.1, 0.15) is 28.9 Å². The minimum atomic E-state index is -1.41. The van der Waals surface area contributed by atoms with Crippen molar-refractivity contribution in [2.45, 2.75) is 12.8 Å². The van der Waals surface area contributed by atoms with E-state index >= 15 is 0 Å². The number of halogens is 3. The summed E-state index contributed by atoms with van der Waals surface area (Å²) < 4.78 is 26.8. The summed E-state index contributed by atoms with van der Waals surface area (Å²) in [6, 6.07) is 3.93. The molecular weight excluding hydrogens is 302 g/mol. The van der Waals surface area contributed by atoms with E-state index < -0.39 is 29.1 Å². The third-order valence-electron chi connectivity index (χ3n) is 2.82. The van der Waals surface area contributed by atoms with Gasteiger partial charge in [0.2, 0.25) is 5.28 Å². The SMILES string of the molecule is CC(=O)C(C(=O)c1ccnc(Cl)n1)c1ccc(F)cc1F. The molecule has 0 aliphatic carbocycles. The molecule has 0 aliphatic heterocycles. The second-order valence-corrected chi connectivity index (χ2v) is 4.62. The zero-order valence-electron chi connectivity index (χ0n) is 10.8. The van der Waals surface area contributed by atoms with E-state index in [-0.39, 0.29) is 16.5 Å². The van der Waals surface area contributed by atoms with E-state index in [2.05, 4.69) is 9.97 Å². The number of benzene rings is 1. The molecule has 0 saturated carbocycles. The van der Waals surface area contributed by atoms with E-state index in [4.69, 9.17) is 11.6 Å². The smallest absolute Gasteiger partial charge is 0.222 e. The Hall–Kier alpha value is -2.21. The summed E-state index contributed by atoms with van der Waals surface area (Å²) >= 11 is 5.59. The second-order valence-electron chi connectivity index (χ2n) is 4.28. The van der Waals surface area contributed by atoms with Gasteiger partial charge in [-0.2, -0.15) is 0 Å². The third kappa shape index (κ3) is 3.28. The van der Waals surface area contributed by atoms with E-state index in [0.29, 0.717) is 6.07 Å². The number of hydrogen-bond donors (Lipinski definition) is 0. The fourth-order valence-electron chi connectivity index (χ4n) is 1.90. The maximum absolute atomic E-state index is 13.8. The van der Waals surface area contributed by atoms with E-state index in [0.717, 1.165) is 19.1 Å². The van der Waals surface area contributed by atoms with Gasteiger partial charge in [-0.3, -0.25) is 9.59 Å². The minimum Gasteiger partial charge on any atom is -0.299 e. The second kappa shape index (κ2) is 6.05. The fourth-order valence-corrected chi connectivity index (χ4v) is 2.05. The van der Waals surface area contributed by atoms with Crippen molar-refractivity contribution in [3.05, 3.63) is 58.6 Å². The predicted molar refractivity (Wildman–Crippen MR) is 71.2 cm³/mol. The van der Waals surface area contributed by atoms with E-state index in [9.17, 15) is 18.4 Å². The summed E-state index contributed by atoms with van der Waals surface area (Å²) in [7, 11) is 0. The number of carbonyl (C=O) groups is 2. The van der Waals surface area contributed by atoms with Crippen LogP contribution in [-0.4, -0.2) is 21.5 Å². The summed E-state index contributed by atoms with van der Waals surface area (Å²) in [6.07, 6.45) is 1.25. The molecule has 0 spiro atoms. The van der Waals surface area contributed by atoms with Crippen molar-refractivity contribution in [2.24, 2.45) is 0 Å². The highest BCUT2D eigenvalue weighted by Crippen LogP contribution is 2.25. The van der Waals surface area contributed by atoms with Crippen LogP contribution in [0.3, 0.4) is 0 Å². The lowest BCUT2D eigenvalue weighted by Crippen LogP contribution is -2.22. The number of ketones is 2. The molecule has 1 atom stereocenters. The van der Waals surface area contributed by atoms with Gasteiger partial charge < -0.3 is 0 Å². The monoisotopic (exact) mass is 310 g/mol. The molecule has 2 aromatic rings. The highest BCUT2D eigenvalue weighted by Gasteiger charge is 2.30. The Balaban J connectivity index is 2.49. The normalized spacial score (nSPS) is 12.0. The van der Waals surface area contributed by atoms with Gasteiger partial charge in [0, 0.05) is 17.8 Å². The third-order valence-corrected chi connectivity index (χ3v) is 3.00. The molecule has 0 N–H and O–H groups in total. The average Bonchev–Trinajstić information content (AvgIpc) is 2.41. The first-order valence-corrected chi connectivity index (χ1v) is 6.26. The topological polar surface area (TPSA) is 59.9 Å². The standard InChI is InChI=1S/C14H9ClF2N2O2/c1-7(20)12(9-3-2-8(16)6-10(9)17)13(21)11-4-5-18-14(15)19-11/h2-6,12H,1H3. The average molecular weight is 311 g/mol. The quantitative estimate of drug-likeness (QED) is 0.495. The van der Waals surface area contributed by atoms with Crippen LogP contribution < -0.4 is 0 Å². The first-order chi connectivity index (χ1) is 9.90. The molecule has 1 heterocycles. The molecule has 2 rings (SSSR count). The molecule has 1 aromatic carbocycles. The van der Waals surface area contributed by atoms with Gasteiger partial charge in [-0.25, -0.2) is 18.7 Å². The Labute approximate surface area is 123 Å². The molecule has 0 fully saturated rings. The van der Waals surface area contributed by atoms with Gasteiger partial charge >= 0.3 is 0 Å². The molecule has 1 aromatic heterocycles. The summed E-state index contributed by atoms with van der Waals surface area (Å²) in [6.45, 7) is 1.15. The number of nitrogens with zero attached hydrogens (tertiary/aromatic N) is 2. The largest absolute Gasteiger partial charge is 0.299 e. The molecule has 108 valence electrons. The zero-order valence-corrected chi connectivity index (χ0v) is 11.6. The zero-order chi connectivity index (χ0) is 15.6. The maximum Gasteiger partial charge on any atom is 0.222 e. The van der Waals surface area contributed by atoms with Gasteiger partial charge in [0.15, 0.2) is 5.78 Å². The van der Waals surface area contributed by atoms with Gasteiger partial charge in [-0.15, -0.1) is 0 Å². The van der Waals surface area contributed by atoms with E-state index in [1.165, 1.54) is 12.3 Å². The fraction of sp³-hybridized carbons (Fsp3) is 0.143. The Bertz CT molecular complexity index is 722. The van der Waals surface area contributed by atoms with Crippen LogP contribution >= 0.6 is 11.6 Å². The van der Waals surface area contributed by atoms with Crippen LogP contribution in [0, 0.1) is 11.6 Å². The number of aromatic nitrogens is 2. The molecule has 4 nitrogen and oxygen atoms in total. The number of rotatable bonds is 4. The Morgan fingerprint density at radius 3 is 2.52 bits per heavy atom. The predicted octanol–water partition coefficient (Wildman–Crippen LogP) is 2.96. The number of carbonyl (C=O) groups excluding carboxylic acids is 2. The van der Waals surface area contributed by atoms with Crippen LogP contribution in [0.5, 0.6) is 0 Å². The summed E-state index contributed by atoms with van der Waals surface area (Å²) in [4.78, 5) is 31.4. The van der Waals surface area contributed by atoms with Crippen LogP contribution in [0.15, 0.2) is 30.5 Å². The van der Waals surface area contributed by atoms with Crippen molar-refractivity contribution in [2.75, 3.05) is 0 Å². The van der Waals surface area contributed by atoms with Gasteiger partial charge in [-0.05, 0) is 30.7 Å². The van der Waals surface area contributed by atoms with Crippen molar-refractivity contribution in [3.8, 4) is 0 Å². The van der Waals surface area contributed by atoms with E-state index in [1.54, 1.807) is 0 Å². The van der Waals surface area contributed by atoms with Gasteiger partial charge in [0.05, 0.1) is 0 Å². The molecule has 1 unspecified atom stereocenters. The van der Waals surface area contributed by atoms with Crippen LogP contribution in [0.4, 0.5) is 8.78 Å². The maximum atomic E-state index is 13.8. The lowest BCUT2D eigenvalue weighted by molar-refractivity contribution is -0.117. The minimum absolute atomic E-state index is 0.112.